The van der Waals surface area contributed by atoms with Gasteiger partial charge in [0.25, 0.3) is 0 Å². The van der Waals surface area contributed by atoms with Gasteiger partial charge in [0.15, 0.2) is 0 Å². The average Bonchev–Trinajstić information content (AvgIpc) is 2.48. The maximum absolute atomic E-state index is 6.22. The van der Waals surface area contributed by atoms with Gasteiger partial charge in [0, 0.05) is 10.5 Å². The maximum atomic E-state index is 6.22. The number of halogens is 2. The fourth-order valence-electron chi connectivity index (χ4n) is 1.85. The normalized spacial score (nSPS) is 20.7. The van der Waals surface area contributed by atoms with Gasteiger partial charge in [0.05, 0.1) is 23.3 Å². The second kappa shape index (κ2) is 4.85. The zero-order valence-corrected chi connectivity index (χ0v) is 13.2. The Morgan fingerprint density at radius 3 is 2.00 bits per heavy atom. The van der Waals surface area contributed by atoms with Crippen LogP contribution in [0.3, 0.4) is 0 Å². The summed E-state index contributed by atoms with van der Waals surface area (Å²) in [5.41, 5.74) is -0.0941. The lowest BCUT2D eigenvalue weighted by Crippen LogP contribution is -2.41. The molecule has 1 aromatic carbocycles. The molecule has 0 saturated carbocycles. The van der Waals surface area contributed by atoms with Gasteiger partial charge in [-0.05, 0) is 39.8 Å². The summed E-state index contributed by atoms with van der Waals surface area (Å²) in [6.45, 7) is 7.98. The highest BCUT2D eigenvalue weighted by Gasteiger charge is 2.52. The van der Waals surface area contributed by atoms with E-state index in [0.29, 0.717) is 15.8 Å². The van der Waals surface area contributed by atoms with E-state index in [0.717, 1.165) is 5.46 Å². The molecule has 0 atom stereocenters. The third-order valence-corrected chi connectivity index (χ3v) is 4.40. The summed E-state index contributed by atoms with van der Waals surface area (Å²) in [6, 6.07) is 3.40. The lowest BCUT2D eigenvalue weighted by molar-refractivity contribution is 0.00578. The Bertz CT molecular complexity index is 487. The predicted molar refractivity (Wildman–Crippen MR) is 78.7 cm³/mol. The van der Waals surface area contributed by atoms with Crippen LogP contribution in [-0.4, -0.2) is 25.4 Å². The van der Waals surface area contributed by atoms with E-state index in [1.807, 2.05) is 27.7 Å². The number of methoxy groups -OCH3 is 1. The molecule has 2 rings (SSSR count). The molecular formula is C13H17BCl2O3. The Balaban J connectivity index is 2.39. The van der Waals surface area contributed by atoms with Crippen molar-refractivity contribution >= 4 is 35.8 Å². The van der Waals surface area contributed by atoms with Crippen molar-refractivity contribution in [1.82, 2.24) is 0 Å². The first-order valence-electron chi connectivity index (χ1n) is 6.06. The molecule has 0 unspecified atom stereocenters. The standard InChI is InChI=1S/C13H17BCl2O3/c1-12(2)13(3,4)19-14(18-12)8-6-11(17-5)10(16)7-9(8)15/h6-7H,1-5H3. The van der Waals surface area contributed by atoms with Crippen LogP contribution < -0.4 is 10.2 Å². The first kappa shape index (κ1) is 15.0. The molecule has 0 aliphatic carbocycles. The second-order valence-electron chi connectivity index (χ2n) is 5.60. The van der Waals surface area contributed by atoms with Gasteiger partial charge in [-0.15, -0.1) is 0 Å². The predicted octanol–water partition coefficient (Wildman–Crippen LogP) is 3.30. The Hall–Kier alpha value is -0.415. The van der Waals surface area contributed by atoms with Gasteiger partial charge >= 0.3 is 7.12 Å². The largest absolute Gasteiger partial charge is 0.496 e. The molecule has 0 spiro atoms. The summed E-state index contributed by atoms with van der Waals surface area (Å²) in [5.74, 6) is 0.552. The Morgan fingerprint density at radius 1 is 1.00 bits per heavy atom. The van der Waals surface area contributed by atoms with E-state index < -0.39 is 18.3 Å². The van der Waals surface area contributed by atoms with Crippen LogP contribution in [0.2, 0.25) is 10.0 Å². The number of hydrogen-bond acceptors (Lipinski definition) is 3. The van der Waals surface area contributed by atoms with Crippen molar-refractivity contribution in [3.8, 4) is 5.75 Å². The highest BCUT2D eigenvalue weighted by molar-refractivity contribution is 6.66. The van der Waals surface area contributed by atoms with Gasteiger partial charge in [-0.1, -0.05) is 23.2 Å². The van der Waals surface area contributed by atoms with Crippen LogP contribution in [0.25, 0.3) is 0 Å². The van der Waals surface area contributed by atoms with Gasteiger partial charge in [-0.2, -0.15) is 0 Å². The molecule has 3 nitrogen and oxygen atoms in total. The number of hydrogen-bond donors (Lipinski definition) is 0. The van der Waals surface area contributed by atoms with Gasteiger partial charge < -0.3 is 14.0 Å². The Labute approximate surface area is 124 Å². The quantitative estimate of drug-likeness (QED) is 0.785. The Kier molecular flexibility index (Phi) is 3.82. The third kappa shape index (κ3) is 2.59. The molecular weight excluding hydrogens is 286 g/mol. The van der Waals surface area contributed by atoms with Crippen LogP contribution in [0.5, 0.6) is 5.75 Å². The van der Waals surface area contributed by atoms with Gasteiger partial charge in [-0.3, -0.25) is 0 Å². The molecule has 0 radical (unpaired) electrons. The number of ether oxygens (including phenoxy) is 1. The molecule has 1 aliphatic heterocycles. The third-order valence-electron chi connectivity index (χ3n) is 3.78. The first-order chi connectivity index (χ1) is 8.68. The molecule has 1 heterocycles. The van der Waals surface area contributed by atoms with Crippen LogP contribution >= 0.6 is 23.2 Å². The van der Waals surface area contributed by atoms with Crippen molar-refractivity contribution in [1.29, 1.82) is 0 Å². The molecule has 104 valence electrons. The highest BCUT2D eigenvalue weighted by atomic mass is 35.5. The zero-order valence-electron chi connectivity index (χ0n) is 11.7. The molecule has 1 fully saturated rings. The second-order valence-corrected chi connectivity index (χ2v) is 6.41. The summed E-state index contributed by atoms with van der Waals surface area (Å²) in [4.78, 5) is 0. The summed E-state index contributed by atoms with van der Waals surface area (Å²) in [7, 11) is 1.03. The molecule has 6 heteroatoms. The summed E-state index contributed by atoms with van der Waals surface area (Å²) in [6.07, 6.45) is 0. The van der Waals surface area contributed by atoms with E-state index in [4.69, 9.17) is 37.2 Å². The van der Waals surface area contributed by atoms with Crippen molar-refractivity contribution in [3.05, 3.63) is 22.2 Å². The van der Waals surface area contributed by atoms with Gasteiger partial charge in [0.2, 0.25) is 0 Å². The summed E-state index contributed by atoms with van der Waals surface area (Å²) < 4.78 is 17.1. The maximum Gasteiger partial charge on any atom is 0.496 e. The van der Waals surface area contributed by atoms with Gasteiger partial charge in [0.1, 0.15) is 5.75 Å². The van der Waals surface area contributed by atoms with Crippen LogP contribution in [0.15, 0.2) is 12.1 Å². The smallest absolute Gasteiger partial charge is 0.495 e. The van der Waals surface area contributed by atoms with Crippen molar-refractivity contribution < 1.29 is 14.0 Å². The lowest BCUT2D eigenvalue weighted by Gasteiger charge is -2.32. The minimum atomic E-state index is -0.524. The van der Waals surface area contributed by atoms with Crippen molar-refractivity contribution in [2.24, 2.45) is 0 Å². The van der Waals surface area contributed by atoms with E-state index in [1.54, 1.807) is 19.2 Å². The monoisotopic (exact) mass is 302 g/mol. The number of rotatable bonds is 2. The molecule has 19 heavy (non-hydrogen) atoms. The topological polar surface area (TPSA) is 27.7 Å². The summed E-state index contributed by atoms with van der Waals surface area (Å²) in [5, 5.41) is 0.970. The minimum absolute atomic E-state index is 0.409. The van der Waals surface area contributed by atoms with E-state index in [2.05, 4.69) is 0 Å². The molecule has 0 amide bonds. The lowest BCUT2D eigenvalue weighted by atomic mass is 9.79. The summed E-state index contributed by atoms with van der Waals surface area (Å²) >= 11 is 12.3. The highest BCUT2D eigenvalue weighted by Crippen LogP contribution is 2.38. The van der Waals surface area contributed by atoms with E-state index in [9.17, 15) is 0 Å². The SMILES string of the molecule is COc1cc(B2OC(C)(C)C(C)(C)O2)c(Cl)cc1Cl. The fourth-order valence-corrected chi connectivity index (χ4v) is 2.40. The van der Waals surface area contributed by atoms with Crippen molar-refractivity contribution in [2.75, 3.05) is 7.11 Å². The molecule has 1 aromatic rings. The van der Waals surface area contributed by atoms with Crippen LogP contribution in [0, 0.1) is 0 Å². The average molecular weight is 303 g/mol. The Morgan fingerprint density at radius 2 is 1.53 bits per heavy atom. The van der Waals surface area contributed by atoms with Gasteiger partial charge in [-0.25, -0.2) is 0 Å². The first-order valence-corrected chi connectivity index (χ1v) is 6.82. The molecule has 1 aliphatic rings. The van der Waals surface area contributed by atoms with E-state index >= 15 is 0 Å². The molecule has 0 N–H and O–H groups in total. The van der Waals surface area contributed by atoms with Crippen LogP contribution in [0.1, 0.15) is 27.7 Å². The fraction of sp³-hybridized carbons (Fsp3) is 0.538. The number of benzene rings is 1. The zero-order chi connectivity index (χ0) is 14.4. The minimum Gasteiger partial charge on any atom is -0.495 e. The molecule has 1 saturated heterocycles. The van der Waals surface area contributed by atoms with E-state index in [-0.39, 0.29) is 0 Å². The molecule has 0 aromatic heterocycles. The van der Waals surface area contributed by atoms with Crippen molar-refractivity contribution in [2.45, 2.75) is 38.9 Å². The molecule has 0 bridgehead atoms. The van der Waals surface area contributed by atoms with E-state index in [1.165, 1.54) is 0 Å². The van der Waals surface area contributed by atoms with Crippen LogP contribution in [-0.2, 0) is 9.31 Å². The van der Waals surface area contributed by atoms with Crippen LogP contribution in [0.4, 0.5) is 0 Å². The van der Waals surface area contributed by atoms with Crippen molar-refractivity contribution in [3.63, 3.8) is 0 Å².